The van der Waals surface area contributed by atoms with E-state index in [4.69, 9.17) is 11.6 Å². The fraction of sp³-hybridized carbons (Fsp3) is 1.00. The van der Waals surface area contributed by atoms with Gasteiger partial charge >= 0.3 is 0 Å². The maximum absolute atomic E-state index is 6.00. The minimum Gasteiger partial charge on any atom is -0.304 e. The van der Waals surface area contributed by atoms with Gasteiger partial charge in [-0.15, -0.1) is 11.6 Å². The SMILES string of the molecule is CCCCCCCCCCCCCCCC(Cl)NC. The quantitative estimate of drug-likeness (QED) is 0.213. The highest BCUT2D eigenvalue weighted by Crippen LogP contribution is 2.13. The van der Waals surface area contributed by atoms with Crippen LogP contribution in [0.2, 0.25) is 0 Å². The Labute approximate surface area is 126 Å². The number of rotatable bonds is 15. The van der Waals surface area contributed by atoms with Crippen molar-refractivity contribution in [2.24, 2.45) is 0 Å². The van der Waals surface area contributed by atoms with Crippen LogP contribution in [0.15, 0.2) is 0 Å². The normalized spacial score (nSPS) is 12.8. The van der Waals surface area contributed by atoms with Gasteiger partial charge in [0.05, 0.1) is 5.50 Å². The van der Waals surface area contributed by atoms with Crippen LogP contribution in [0.3, 0.4) is 0 Å². The van der Waals surface area contributed by atoms with Crippen molar-refractivity contribution in [1.82, 2.24) is 5.32 Å². The summed E-state index contributed by atoms with van der Waals surface area (Å²) in [7, 11) is 1.93. The summed E-state index contributed by atoms with van der Waals surface area (Å²) in [5.74, 6) is 0. The summed E-state index contributed by atoms with van der Waals surface area (Å²) < 4.78 is 0. The van der Waals surface area contributed by atoms with Crippen LogP contribution in [0.25, 0.3) is 0 Å². The fourth-order valence-electron chi connectivity index (χ4n) is 2.49. The molecule has 0 aromatic rings. The summed E-state index contributed by atoms with van der Waals surface area (Å²) in [6.45, 7) is 2.28. The molecule has 0 saturated carbocycles. The lowest BCUT2D eigenvalue weighted by Crippen LogP contribution is -2.17. The van der Waals surface area contributed by atoms with E-state index >= 15 is 0 Å². The molecule has 0 aromatic heterocycles. The minimum atomic E-state index is 0.174. The number of alkyl halides is 1. The van der Waals surface area contributed by atoms with E-state index < -0.39 is 0 Å². The second kappa shape index (κ2) is 16.3. The van der Waals surface area contributed by atoms with Crippen LogP contribution in [0.5, 0.6) is 0 Å². The zero-order valence-electron chi connectivity index (χ0n) is 13.4. The van der Waals surface area contributed by atoms with Gasteiger partial charge in [0.15, 0.2) is 0 Å². The van der Waals surface area contributed by atoms with E-state index in [-0.39, 0.29) is 5.50 Å². The third-order valence-electron chi connectivity index (χ3n) is 3.87. The van der Waals surface area contributed by atoms with Gasteiger partial charge < -0.3 is 5.32 Å². The Hall–Kier alpha value is 0.250. The molecule has 0 heterocycles. The van der Waals surface area contributed by atoms with Gasteiger partial charge in [-0.25, -0.2) is 0 Å². The highest BCUT2D eigenvalue weighted by Gasteiger charge is 1.99. The van der Waals surface area contributed by atoms with E-state index in [9.17, 15) is 0 Å². The molecule has 0 aliphatic carbocycles. The Morgan fingerprint density at radius 1 is 0.684 bits per heavy atom. The van der Waals surface area contributed by atoms with Crippen molar-refractivity contribution in [2.75, 3.05) is 7.05 Å². The molecule has 0 aliphatic rings. The molecule has 0 fully saturated rings. The first-order valence-corrected chi connectivity index (χ1v) is 9.06. The third kappa shape index (κ3) is 16.2. The number of halogens is 1. The highest BCUT2D eigenvalue weighted by atomic mass is 35.5. The van der Waals surface area contributed by atoms with Crippen LogP contribution in [-0.2, 0) is 0 Å². The molecule has 0 radical (unpaired) electrons. The van der Waals surface area contributed by atoms with Crippen molar-refractivity contribution in [3.8, 4) is 0 Å². The van der Waals surface area contributed by atoms with Gasteiger partial charge in [0.1, 0.15) is 0 Å². The second-order valence-corrected chi connectivity index (χ2v) is 6.31. The summed E-state index contributed by atoms with van der Waals surface area (Å²) in [4.78, 5) is 0. The molecule has 19 heavy (non-hydrogen) atoms. The van der Waals surface area contributed by atoms with Crippen molar-refractivity contribution >= 4 is 11.6 Å². The molecular weight excluding hydrogens is 254 g/mol. The first-order valence-electron chi connectivity index (χ1n) is 8.62. The predicted molar refractivity (Wildman–Crippen MR) is 89.0 cm³/mol. The molecule has 1 unspecified atom stereocenters. The zero-order chi connectivity index (χ0) is 14.2. The van der Waals surface area contributed by atoms with Gasteiger partial charge in [-0.05, 0) is 13.5 Å². The Bertz CT molecular complexity index is 161. The van der Waals surface area contributed by atoms with Gasteiger partial charge in [-0.2, -0.15) is 0 Å². The summed E-state index contributed by atoms with van der Waals surface area (Å²) >= 11 is 6.00. The van der Waals surface area contributed by atoms with E-state index in [1.165, 1.54) is 83.5 Å². The molecular formula is C17H36ClN. The summed E-state index contributed by atoms with van der Waals surface area (Å²) in [5, 5.41) is 3.07. The first-order chi connectivity index (χ1) is 9.31. The van der Waals surface area contributed by atoms with Gasteiger partial charge in [0.25, 0.3) is 0 Å². The van der Waals surface area contributed by atoms with Crippen LogP contribution >= 0.6 is 11.6 Å². The summed E-state index contributed by atoms with van der Waals surface area (Å²) in [5.41, 5.74) is 0.174. The lowest BCUT2D eigenvalue weighted by atomic mass is 10.0. The summed E-state index contributed by atoms with van der Waals surface area (Å²) in [6, 6.07) is 0. The van der Waals surface area contributed by atoms with Crippen molar-refractivity contribution in [1.29, 1.82) is 0 Å². The van der Waals surface area contributed by atoms with Crippen LogP contribution in [0.4, 0.5) is 0 Å². The van der Waals surface area contributed by atoms with Crippen LogP contribution < -0.4 is 5.32 Å². The molecule has 2 heteroatoms. The molecule has 0 aliphatic heterocycles. The first kappa shape index (κ1) is 19.2. The lowest BCUT2D eigenvalue weighted by molar-refractivity contribution is 0.528. The van der Waals surface area contributed by atoms with Crippen LogP contribution in [-0.4, -0.2) is 12.5 Å². The van der Waals surface area contributed by atoms with Gasteiger partial charge in [0.2, 0.25) is 0 Å². The zero-order valence-corrected chi connectivity index (χ0v) is 14.1. The van der Waals surface area contributed by atoms with E-state index in [0.717, 1.165) is 6.42 Å². The molecule has 0 spiro atoms. The van der Waals surface area contributed by atoms with Gasteiger partial charge in [-0.1, -0.05) is 90.4 Å². The number of hydrogen-bond acceptors (Lipinski definition) is 1. The Morgan fingerprint density at radius 3 is 1.42 bits per heavy atom. The monoisotopic (exact) mass is 289 g/mol. The fourth-order valence-corrected chi connectivity index (χ4v) is 2.64. The standard InChI is InChI=1S/C17H36ClN/c1-3-4-5-6-7-8-9-10-11-12-13-14-15-16-17(18)19-2/h17,19H,3-16H2,1-2H3. The van der Waals surface area contributed by atoms with Crippen molar-refractivity contribution in [2.45, 2.75) is 102 Å². The molecule has 0 rings (SSSR count). The van der Waals surface area contributed by atoms with Crippen molar-refractivity contribution in [3.63, 3.8) is 0 Å². The average Bonchev–Trinajstić information content (AvgIpc) is 2.43. The molecule has 0 amide bonds. The van der Waals surface area contributed by atoms with Gasteiger partial charge in [0, 0.05) is 0 Å². The molecule has 1 N–H and O–H groups in total. The smallest absolute Gasteiger partial charge is 0.0823 e. The minimum absolute atomic E-state index is 0.174. The van der Waals surface area contributed by atoms with Crippen LogP contribution in [0.1, 0.15) is 96.8 Å². The molecule has 0 bridgehead atoms. The molecule has 0 aromatic carbocycles. The van der Waals surface area contributed by atoms with E-state index in [1.807, 2.05) is 7.05 Å². The van der Waals surface area contributed by atoms with Crippen molar-refractivity contribution in [3.05, 3.63) is 0 Å². The second-order valence-electron chi connectivity index (χ2n) is 5.79. The Kier molecular flexibility index (Phi) is 16.5. The van der Waals surface area contributed by atoms with E-state index in [0.29, 0.717) is 0 Å². The molecule has 1 atom stereocenters. The Morgan fingerprint density at radius 2 is 1.05 bits per heavy atom. The highest BCUT2D eigenvalue weighted by molar-refractivity contribution is 6.20. The maximum Gasteiger partial charge on any atom is 0.0823 e. The average molecular weight is 290 g/mol. The van der Waals surface area contributed by atoms with E-state index in [2.05, 4.69) is 12.2 Å². The number of unbranched alkanes of at least 4 members (excludes halogenated alkanes) is 12. The Balaban J connectivity index is 2.95. The summed E-state index contributed by atoms with van der Waals surface area (Å²) in [6.07, 6.45) is 19.5. The van der Waals surface area contributed by atoms with Crippen LogP contribution in [0, 0.1) is 0 Å². The van der Waals surface area contributed by atoms with Crippen molar-refractivity contribution < 1.29 is 0 Å². The lowest BCUT2D eigenvalue weighted by Gasteiger charge is -2.07. The molecule has 0 saturated heterocycles. The predicted octanol–water partition coefficient (Wildman–Crippen LogP) is 6.25. The number of hydrogen-bond donors (Lipinski definition) is 1. The molecule has 116 valence electrons. The number of nitrogens with one attached hydrogen (secondary N) is 1. The van der Waals surface area contributed by atoms with E-state index in [1.54, 1.807) is 0 Å². The largest absolute Gasteiger partial charge is 0.304 e. The van der Waals surface area contributed by atoms with Gasteiger partial charge in [-0.3, -0.25) is 0 Å². The topological polar surface area (TPSA) is 12.0 Å². The third-order valence-corrected chi connectivity index (χ3v) is 4.31. The molecule has 1 nitrogen and oxygen atoms in total. The maximum atomic E-state index is 6.00.